The van der Waals surface area contributed by atoms with Gasteiger partial charge in [0.1, 0.15) is 5.82 Å². The van der Waals surface area contributed by atoms with Crippen LogP contribution in [0.3, 0.4) is 0 Å². The van der Waals surface area contributed by atoms with Crippen molar-refractivity contribution >= 4 is 11.8 Å². The van der Waals surface area contributed by atoms with Crippen LogP contribution in [0.15, 0.2) is 6.20 Å². The standard InChI is InChI=1S/C15H27N5O/c1-12-11-16-15(18-14(12)19(3)4)17-13(2)5-6-20-7-9-21-10-8-20/h11,13H,5-10H2,1-4H3,(H,16,17,18)/t13-/m1/s1. The van der Waals surface area contributed by atoms with Gasteiger partial charge in [-0.3, -0.25) is 4.90 Å². The predicted octanol–water partition coefficient (Wildman–Crippen LogP) is 1.37. The minimum Gasteiger partial charge on any atom is -0.379 e. The maximum absolute atomic E-state index is 5.37. The van der Waals surface area contributed by atoms with Crippen LogP contribution in [-0.4, -0.2) is 67.9 Å². The Morgan fingerprint density at radius 2 is 2.10 bits per heavy atom. The molecule has 1 aliphatic rings. The van der Waals surface area contributed by atoms with Crippen molar-refractivity contribution < 1.29 is 4.74 Å². The number of aromatic nitrogens is 2. The van der Waals surface area contributed by atoms with Crippen LogP contribution in [0.4, 0.5) is 11.8 Å². The summed E-state index contributed by atoms with van der Waals surface area (Å²) in [6.07, 6.45) is 2.95. The summed E-state index contributed by atoms with van der Waals surface area (Å²) in [5, 5.41) is 3.40. The molecule has 118 valence electrons. The van der Waals surface area contributed by atoms with Crippen LogP contribution in [0.1, 0.15) is 18.9 Å². The number of ether oxygens (including phenoxy) is 1. The second kappa shape index (κ2) is 7.56. The Kier molecular flexibility index (Phi) is 5.76. The van der Waals surface area contributed by atoms with Crippen molar-refractivity contribution in [2.75, 3.05) is 57.2 Å². The summed E-state index contributed by atoms with van der Waals surface area (Å²) in [6.45, 7) is 9.09. The second-order valence-corrected chi connectivity index (χ2v) is 5.88. The average molecular weight is 293 g/mol. The molecular weight excluding hydrogens is 266 g/mol. The van der Waals surface area contributed by atoms with Gasteiger partial charge in [0, 0.05) is 51.5 Å². The Labute approximate surface area is 127 Å². The number of aryl methyl sites for hydroxylation is 1. The Morgan fingerprint density at radius 1 is 1.38 bits per heavy atom. The van der Waals surface area contributed by atoms with Crippen molar-refractivity contribution in [2.45, 2.75) is 26.3 Å². The van der Waals surface area contributed by atoms with E-state index in [1.807, 2.05) is 32.1 Å². The zero-order valence-corrected chi connectivity index (χ0v) is 13.6. The highest BCUT2D eigenvalue weighted by molar-refractivity contribution is 5.47. The summed E-state index contributed by atoms with van der Waals surface area (Å²) in [6, 6.07) is 0.352. The number of hydrogen-bond donors (Lipinski definition) is 1. The monoisotopic (exact) mass is 293 g/mol. The van der Waals surface area contributed by atoms with E-state index in [0.29, 0.717) is 12.0 Å². The first kappa shape index (κ1) is 16.0. The van der Waals surface area contributed by atoms with Gasteiger partial charge in [0.25, 0.3) is 0 Å². The molecular formula is C15H27N5O. The molecule has 0 aromatic carbocycles. The van der Waals surface area contributed by atoms with E-state index in [0.717, 1.165) is 50.7 Å². The number of rotatable bonds is 6. The number of nitrogens with zero attached hydrogens (tertiary/aromatic N) is 4. The van der Waals surface area contributed by atoms with E-state index in [4.69, 9.17) is 4.74 Å². The zero-order valence-electron chi connectivity index (χ0n) is 13.6. The van der Waals surface area contributed by atoms with Crippen LogP contribution in [0, 0.1) is 6.92 Å². The van der Waals surface area contributed by atoms with Gasteiger partial charge in [-0.1, -0.05) is 0 Å². The molecule has 21 heavy (non-hydrogen) atoms. The van der Waals surface area contributed by atoms with Crippen LogP contribution in [0.5, 0.6) is 0 Å². The average Bonchev–Trinajstić information content (AvgIpc) is 2.48. The third kappa shape index (κ3) is 4.82. The predicted molar refractivity (Wildman–Crippen MR) is 86.1 cm³/mol. The summed E-state index contributed by atoms with van der Waals surface area (Å²) < 4.78 is 5.37. The first-order valence-corrected chi connectivity index (χ1v) is 7.64. The number of nitrogens with one attached hydrogen (secondary N) is 1. The van der Waals surface area contributed by atoms with Crippen molar-refractivity contribution in [3.63, 3.8) is 0 Å². The van der Waals surface area contributed by atoms with Crippen molar-refractivity contribution in [1.82, 2.24) is 14.9 Å². The maximum Gasteiger partial charge on any atom is 0.224 e. The van der Waals surface area contributed by atoms with Gasteiger partial charge in [0.05, 0.1) is 13.2 Å². The molecule has 0 amide bonds. The highest BCUT2D eigenvalue weighted by atomic mass is 16.5. The Balaban J connectivity index is 1.84. The lowest BCUT2D eigenvalue weighted by Gasteiger charge is -2.27. The molecule has 0 bridgehead atoms. The minimum atomic E-state index is 0.352. The van der Waals surface area contributed by atoms with Gasteiger partial charge in [0.15, 0.2) is 0 Å². The van der Waals surface area contributed by atoms with Gasteiger partial charge in [-0.2, -0.15) is 4.98 Å². The number of morpholine rings is 1. The Bertz CT molecular complexity index is 446. The molecule has 0 unspecified atom stereocenters. The highest BCUT2D eigenvalue weighted by Crippen LogP contribution is 2.16. The summed E-state index contributed by atoms with van der Waals surface area (Å²) in [4.78, 5) is 13.4. The van der Waals surface area contributed by atoms with E-state index >= 15 is 0 Å². The molecule has 1 aliphatic heterocycles. The normalized spacial score (nSPS) is 17.5. The lowest BCUT2D eigenvalue weighted by molar-refractivity contribution is 0.0370. The topological polar surface area (TPSA) is 53.5 Å². The van der Waals surface area contributed by atoms with Crippen LogP contribution in [0.2, 0.25) is 0 Å². The minimum absolute atomic E-state index is 0.352. The van der Waals surface area contributed by atoms with E-state index in [9.17, 15) is 0 Å². The lowest BCUT2D eigenvalue weighted by Crippen LogP contribution is -2.38. The summed E-state index contributed by atoms with van der Waals surface area (Å²) in [5.41, 5.74) is 1.09. The Morgan fingerprint density at radius 3 is 2.76 bits per heavy atom. The van der Waals surface area contributed by atoms with Gasteiger partial charge < -0.3 is 15.0 Å². The van der Waals surface area contributed by atoms with Crippen molar-refractivity contribution in [3.05, 3.63) is 11.8 Å². The summed E-state index contributed by atoms with van der Waals surface area (Å²) >= 11 is 0. The van der Waals surface area contributed by atoms with E-state index in [1.165, 1.54) is 0 Å². The smallest absolute Gasteiger partial charge is 0.224 e. The van der Waals surface area contributed by atoms with Gasteiger partial charge in [0.2, 0.25) is 5.95 Å². The fraction of sp³-hybridized carbons (Fsp3) is 0.733. The highest BCUT2D eigenvalue weighted by Gasteiger charge is 2.13. The first-order valence-electron chi connectivity index (χ1n) is 7.64. The Hall–Kier alpha value is -1.40. The lowest BCUT2D eigenvalue weighted by atomic mass is 10.2. The SMILES string of the molecule is Cc1cnc(N[C@H](C)CCN2CCOCC2)nc1N(C)C. The molecule has 1 fully saturated rings. The largest absolute Gasteiger partial charge is 0.379 e. The van der Waals surface area contributed by atoms with E-state index < -0.39 is 0 Å². The fourth-order valence-electron chi connectivity index (χ4n) is 2.45. The van der Waals surface area contributed by atoms with E-state index in [2.05, 4.69) is 27.1 Å². The molecule has 1 atom stereocenters. The number of hydrogen-bond acceptors (Lipinski definition) is 6. The van der Waals surface area contributed by atoms with Crippen molar-refractivity contribution in [2.24, 2.45) is 0 Å². The molecule has 6 nitrogen and oxygen atoms in total. The maximum atomic E-state index is 5.37. The van der Waals surface area contributed by atoms with Gasteiger partial charge in [-0.25, -0.2) is 4.98 Å². The van der Waals surface area contributed by atoms with Crippen LogP contribution < -0.4 is 10.2 Å². The molecule has 1 N–H and O–H groups in total. The quantitative estimate of drug-likeness (QED) is 0.855. The van der Waals surface area contributed by atoms with Crippen molar-refractivity contribution in [1.29, 1.82) is 0 Å². The van der Waals surface area contributed by atoms with Gasteiger partial charge in [-0.05, 0) is 20.3 Å². The third-order valence-electron chi connectivity index (χ3n) is 3.73. The molecule has 0 saturated carbocycles. The molecule has 0 radical (unpaired) electrons. The molecule has 6 heteroatoms. The first-order chi connectivity index (χ1) is 10.1. The molecule has 1 aromatic heterocycles. The van der Waals surface area contributed by atoms with Crippen LogP contribution in [0.25, 0.3) is 0 Å². The summed E-state index contributed by atoms with van der Waals surface area (Å²) in [5.74, 6) is 1.67. The van der Waals surface area contributed by atoms with Crippen molar-refractivity contribution in [3.8, 4) is 0 Å². The number of anilines is 2. The third-order valence-corrected chi connectivity index (χ3v) is 3.73. The molecule has 2 rings (SSSR count). The van der Waals surface area contributed by atoms with Gasteiger partial charge in [-0.15, -0.1) is 0 Å². The zero-order chi connectivity index (χ0) is 15.2. The molecule has 1 saturated heterocycles. The summed E-state index contributed by atoms with van der Waals surface area (Å²) in [7, 11) is 4.00. The van der Waals surface area contributed by atoms with Crippen LogP contribution in [-0.2, 0) is 4.74 Å². The van der Waals surface area contributed by atoms with Gasteiger partial charge >= 0.3 is 0 Å². The fourth-order valence-corrected chi connectivity index (χ4v) is 2.45. The van der Waals surface area contributed by atoms with E-state index in [1.54, 1.807) is 0 Å². The molecule has 1 aromatic rings. The van der Waals surface area contributed by atoms with E-state index in [-0.39, 0.29) is 0 Å². The van der Waals surface area contributed by atoms with Crippen LogP contribution >= 0.6 is 0 Å². The second-order valence-electron chi connectivity index (χ2n) is 5.88. The molecule has 0 aliphatic carbocycles. The molecule has 2 heterocycles. The molecule has 0 spiro atoms.